The third-order valence-corrected chi connectivity index (χ3v) is 5.82. The molecule has 1 saturated carbocycles. The number of carbonyl (C=O) groups excluding carboxylic acids is 1. The molecule has 0 radical (unpaired) electrons. The normalized spacial score (nSPS) is 22.2. The van der Waals surface area contributed by atoms with Crippen LogP contribution < -0.4 is 0 Å². The number of rotatable bonds is 3. The van der Waals surface area contributed by atoms with Crippen molar-refractivity contribution >= 4 is 27.5 Å². The Morgan fingerprint density at radius 2 is 2.23 bits per heavy atom. The molecule has 2 aromatic rings. The van der Waals surface area contributed by atoms with Crippen LogP contribution in [0.5, 0.6) is 0 Å². The SMILES string of the molecule is Cc1nn(C)c2sc(C(=O)N(C)CC3CCCCC3O)cc12. The smallest absolute Gasteiger partial charge is 0.263 e. The molecule has 120 valence electrons. The second kappa shape index (κ2) is 6.01. The van der Waals surface area contributed by atoms with E-state index in [9.17, 15) is 9.90 Å². The molecule has 2 aromatic heterocycles. The van der Waals surface area contributed by atoms with Gasteiger partial charge >= 0.3 is 0 Å². The molecule has 3 rings (SSSR count). The molecule has 2 atom stereocenters. The summed E-state index contributed by atoms with van der Waals surface area (Å²) in [5.74, 6) is 0.249. The number of carbonyl (C=O) groups is 1. The fourth-order valence-corrected chi connectivity index (χ4v) is 4.45. The lowest BCUT2D eigenvalue weighted by molar-refractivity contribution is 0.0453. The van der Waals surface area contributed by atoms with Crippen molar-refractivity contribution in [3.63, 3.8) is 0 Å². The molecule has 1 aliphatic carbocycles. The predicted molar refractivity (Wildman–Crippen MR) is 88.3 cm³/mol. The lowest BCUT2D eigenvalue weighted by Gasteiger charge is -2.31. The summed E-state index contributed by atoms with van der Waals surface area (Å²) in [6.07, 6.45) is 3.85. The summed E-state index contributed by atoms with van der Waals surface area (Å²) in [6.45, 7) is 2.59. The number of aliphatic hydroxyl groups is 1. The second-order valence-electron chi connectivity index (χ2n) is 6.34. The fourth-order valence-electron chi connectivity index (χ4n) is 3.33. The van der Waals surface area contributed by atoms with E-state index < -0.39 is 0 Å². The number of nitrogens with zero attached hydrogens (tertiary/aromatic N) is 3. The quantitative estimate of drug-likeness (QED) is 0.945. The average molecular weight is 321 g/mol. The largest absolute Gasteiger partial charge is 0.393 e. The number of hydrogen-bond acceptors (Lipinski definition) is 4. The Labute approximate surface area is 134 Å². The number of aromatic nitrogens is 2. The molecule has 0 aliphatic heterocycles. The summed E-state index contributed by atoms with van der Waals surface area (Å²) in [5, 5.41) is 15.5. The van der Waals surface area contributed by atoms with Crippen molar-refractivity contribution in [3.05, 3.63) is 16.6 Å². The topological polar surface area (TPSA) is 58.4 Å². The van der Waals surface area contributed by atoms with E-state index in [1.807, 2.05) is 31.8 Å². The van der Waals surface area contributed by atoms with Gasteiger partial charge in [0.25, 0.3) is 5.91 Å². The van der Waals surface area contributed by atoms with Gasteiger partial charge in [-0.05, 0) is 25.8 Å². The van der Waals surface area contributed by atoms with E-state index in [1.165, 1.54) is 11.3 Å². The summed E-state index contributed by atoms with van der Waals surface area (Å²) < 4.78 is 1.83. The molecule has 1 amide bonds. The molecule has 1 fully saturated rings. The maximum atomic E-state index is 12.6. The first-order valence-corrected chi connectivity index (χ1v) is 8.65. The van der Waals surface area contributed by atoms with Gasteiger partial charge in [-0.25, -0.2) is 0 Å². The van der Waals surface area contributed by atoms with Crippen LogP contribution in [-0.4, -0.2) is 45.4 Å². The molecule has 22 heavy (non-hydrogen) atoms. The van der Waals surface area contributed by atoms with Gasteiger partial charge in [0.15, 0.2) is 0 Å². The Morgan fingerprint density at radius 3 is 2.91 bits per heavy atom. The zero-order valence-corrected chi connectivity index (χ0v) is 14.2. The third kappa shape index (κ3) is 2.77. The van der Waals surface area contributed by atoms with Crippen LogP contribution in [0, 0.1) is 12.8 Å². The summed E-state index contributed by atoms with van der Waals surface area (Å²) >= 11 is 1.49. The molecule has 2 unspecified atom stereocenters. The molecular formula is C16H23N3O2S. The van der Waals surface area contributed by atoms with Crippen LogP contribution in [0.2, 0.25) is 0 Å². The van der Waals surface area contributed by atoms with Crippen LogP contribution in [0.25, 0.3) is 10.2 Å². The fraction of sp³-hybridized carbons (Fsp3) is 0.625. The van der Waals surface area contributed by atoms with Crippen molar-refractivity contribution in [1.82, 2.24) is 14.7 Å². The van der Waals surface area contributed by atoms with Crippen LogP contribution >= 0.6 is 11.3 Å². The van der Waals surface area contributed by atoms with Gasteiger partial charge in [-0.15, -0.1) is 11.3 Å². The molecular weight excluding hydrogens is 298 g/mol. The highest BCUT2D eigenvalue weighted by molar-refractivity contribution is 7.20. The van der Waals surface area contributed by atoms with Gasteiger partial charge in [0.1, 0.15) is 4.83 Å². The lowest BCUT2D eigenvalue weighted by atomic mass is 9.86. The highest BCUT2D eigenvalue weighted by Gasteiger charge is 2.26. The summed E-state index contributed by atoms with van der Waals surface area (Å²) in [5.41, 5.74) is 0.957. The maximum absolute atomic E-state index is 12.6. The van der Waals surface area contributed by atoms with E-state index in [4.69, 9.17) is 0 Å². The Kier molecular flexibility index (Phi) is 4.23. The van der Waals surface area contributed by atoms with E-state index in [2.05, 4.69) is 5.10 Å². The average Bonchev–Trinajstić information content (AvgIpc) is 3.03. The number of amides is 1. The van der Waals surface area contributed by atoms with Crippen molar-refractivity contribution in [1.29, 1.82) is 0 Å². The molecule has 6 heteroatoms. The van der Waals surface area contributed by atoms with Gasteiger partial charge in [-0.2, -0.15) is 5.10 Å². The van der Waals surface area contributed by atoms with E-state index >= 15 is 0 Å². The minimum atomic E-state index is -0.266. The predicted octanol–water partition coefficient (Wildman–Crippen LogP) is 2.57. The number of aliphatic hydroxyl groups excluding tert-OH is 1. The number of hydrogen-bond donors (Lipinski definition) is 1. The Balaban J connectivity index is 1.75. The summed E-state index contributed by atoms with van der Waals surface area (Å²) in [4.78, 5) is 16.2. The minimum Gasteiger partial charge on any atom is -0.393 e. The van der Waals surface area contributed by atoms with Crippen molar-refractivity contribution in [2.24, 2.45) is 13.0 Å². The molecule has 5 nitrogen and oxygen atoms in total. The van der Waals surface area contributed by atoms with Gasteiger partial charge < -0.3 is 10.0 Å². The first kappa shape index (κ1) is 15.5. The maximum Gasteiger partial charge on any atom is 0.263 e. The number of aryl methyl sites for hydroxylation is 2. The molecule has 0 saturated heterocycles. The van der Waals surface area contributed by atoms with Crippen LogP contribution in [-0.2, 0) is 7.05 Å². The second-order valence-corrected chi connectivity index (χ2v) is 7.37. The van der Waals surface area contributed by atoms with Gasteiger partial charge in [-0.3, -0.25) is 9.48 Å². The zero-order valence-electron chi connectivity index (χ0n) is 13.4. The van der Waals surface area contributed by atoms with Gasteiger partial charge in [0.05, 0.1) is 16.7 Å². The van der Waals surface area contributed by atoms with Gasteiger partial charge in [-0.1, -0.05) is 12.8 Å². The zero-order chi connectivity index (χ0) is 15.9. The molecule has 2 heterocycles. The van der Waals surface area contributed by atoms with E-state index in [0.29, 0.717) is 6.54 Å². The first-order chi connectivity index (χ1) is 10.5. The highest BCUT2D eigenvalue weighted by atomic mass is 32.1. The molecule has 1 N–H and O–H groups in total. The summed E-state index contributed by atoms with van der Waals surface area (Å²) in [6, 6.07) is 1.94. The Bertz CT molecular complexity index is 656. The van der Waals surface area contributed by atoms with Crippen LogP contribution in [0.4, 0.5) is 0 Å². The highest BCUT2D eigenvalue weighted by Crippen LogP contribution is 2.29. The monoisotopic (exact) mass is 321 g/mol. The van der Waals surface area contributed by atoms with Crippen molar-refractivity contribution in [2.45, 2.75) is 38.7 Å². The molecule has 0 spiro atoms. The van der Waals surface area contributed by atoms with Crippen LogP contribution in [0.3, 0.4) is 0 Å². The molecule has 0 aromatic carbocycles. The molecule has 0 bridgehead atoms. The Morgan fingerprint density at radius 1 is 1.50 bits per heavy atom. The first-order valence-electron chi connectivity index (χ1n) is 7.84. The minimum absolute atomic E-state index is 0.0402. The number of fused-ring (bicyclic) bond motifs is 1. The molecule has 1 aliphatic rings. The van der Waals surface area contributed by atoms with Crippen molar-refractivity contribution in [2.75, 3.05) is 13.6 Å². The van der Waals surface area contributed by atoms with E-state index in [-0.39, 0.29) is 17.9 Å². The van der Waals surface area contributed by atoms with Crippen molar-refractivity contribution < 1.29 is 9.90 Å². The summed E-state index contributed by atoms with van der Waals surface area (Å²) in [7, 11) is 3.74. The van der Waals surface area contributed by atoms with E-state index in [1.54, 1.807) is 4.90 Å². The van der Waals surface area contributed by atoms with Gasteiger partial charge in [0, 0.05) is 31.9 Å². The standard InChI is InChI=1S/C16H23N3O2S/c1-10-12-8-14(22-16(12)19(3)17-10)15(21)18(2)9-11-6-4-5-7-13(11)20/h8,11,13,20H,4-7,9H2,1-3H3. The van der Waals surface area contributed by atoms with E-state index in [0.717, 1.165) is 46.5 Å². The van der Waals surface area contributed by atoms with Crippen LogP contribution in [0.15, 0.2) is 6.07 Å². The Hall–Kier alpha value is -1.40. The van der Waals surface area contributed by atoms with Gasteiger partial charge in [0.2, 0.25) is 0 Å². The van der Waals surface area contributed by atoms with Crippen molar-refractivity contribution in [3.8, 4) is 0 Å². The number of thiophene rings is 1. The third-order valence-electron chi connectivity index (χ3n) is 4.63. The lowest BCUT2D eigenvalue weighted by Crippen LogP contribution is -2.37. The van der Waals surface area contributed by atoms with Crippen LogP contribution in [0.1, 0.15) is 41.0 Å².